The number of phenols is 1. The number of aryl methyl sites for hydroxylation is 1. The van der Waals surface area contributed by atoms with Crippen molar-refractivity contribution in [1.29, 1.82) is 0 Å². The minimum Gasteiger partial charge on any atom is -0.504 e. The van der Waals surface area contributed by atoms with Gasteiger partial charge in [0.2, 0.25) is 0 Å². The van der Waals surface area contributed by atoms with Crippen LogP contribution in [0.15, 0.2) is 42.0 Å². The molecule has 0 bridgehead atoms. The number of carbonyl (C=O) groups is 2. The molecule has 0 spiro atoms. The number of carbonyl (C=O) groups excluding carboxylic acids is 2. The largest absolute Gasteiger partial charge is 0.504 e. The van der Waals surface area contributed by atoms with E-state index >= 15 is 0 Å². The zero-order chi connectivity index (χ0) is 18.6. The van der Waals surface area contributed by atoms with Gasteiger partial charge in [0.1, 0.15) is 5.57 Å². The minimum atomic E-state index is -0.886. The lowest BCUT2D eigenvalue weighted by Gasteiger charge is -2.09. The van der Waals surface area contributed by atoms with Crippen LogP contribution in [0.3, 0.4) is 0 Å². The van der Waals surface area contributed by atoms with Gasteiger partial charge in [-0.25, -0.2) is 0 Å². The van der Waals surface area contributed by atoms with Crippen LogP contribution in [0.2, 0.25) is 5.02 Å². The minimum absolute atomic E-state index is 0.0565. The molecule has 6 nitrogen and oxygen atoms in total. The summed E-state index contributed by atoms with van der Waals surface area (Å²) in [5.41, 5.74) is 6.85. The second-order valence-electron chi connectivity index (χ2n) is 5.27. The number of methoxy groups -OCH3 is 1. The number of hydrogen-bond donors (Lipinski definition) is 3. The Balaban J connectivity index is 2.31. The highest BCUT2D eigenvalue weighted by atomic mass is 35.5. The van der Waals surface area contributed by atoms with Crippen LogP contribution in [-0.2, 0) is 9.59 Å². The van der Waals surface area contributed by atoms with Crippen molar-refractivity contribution in [1.82, 2.24) is 0 Å². The van der Waals surface area contributed by atoms with Crippen molar-refractivity contribution >= 4 is 35.2 Å². The third kappa shape index (κ3) is 4.51. The van der Waals surface area contributed by atoms with E-state index in [-0.39, 0.29) is 17.1 Å². The Morgan fingerprint density at radius 1 is 1.24 bits per heavy atom. The van der Waals surface area contributed by atoms with Crippen molar-refractivity contribution in [2.45, 2.75) is 6.92 Å². The summed E-state index contributed by atoms with van der Waals surface area (Å²) in [5.74, 6) is -1.40. The number of nitrogens with one attached hydrogen (secondary N) is 1. The molecule has 2 rings (SSSR count). The Kier molecular flexibility index (Phi) is 5.67. The summed E-state index contributed by atoms with van der Waals surface area (Å²) in [6.07, 6.45) is 1.31. The third-order valence-electron chi connectivity index (χ3n) is 3.45. The van der Waals surface area contributed by atoms with Crippen LogP contribution in [-0.4, -0.2) is 24.0 Å². The highest BCUT2D eigenvalue weighted by molar-refractivity contribution is 6.32. The zero-order valence-electron chi connectivity index (χ0n) is 13.7. The Labute approximate surface area is 149 Å². The van der Waals surface area contributed by atoms with E-state index in [2.05, 4.69) is 5.32 Å². The first-order valence-electron chi connectivity index (χ1n) is 7.28. The molecule has 2 aromatic carbocycles. The predicted octanol–water partition coefficient (Wildman–Crippen LogP) is 2.87. The first-order chi connectivity index (χ1) is 11.8. The standard InChI is InChI=1S/C18H17ClN2O4/c1-10-3-5-12(9-14(10)19)21-18(24)13(17(20)23)7-11-4-6-15(22)16(8-11)25-2/h3-9,22H,1-2H3,(H2,20,23)(H,21,24)/b13-7+. The molecule has 0 unspecified atom stereocenters. The van der Waals surface area contributed by atoms with Crippen LogP contribution in [0.1, 0.15) is 11.1 Å². The Hall–Kier alpha value is -2.99. The van der Waals surface area contributed by atoms with Gasteiger partial charge in [0.25, 0.3) is 11.8 Å². The normalized spacial score (nSPS) is 11.1. The number of phenolic OH excluding ortho intramolecular Hbond substituents is 1. The molecular formula is C18H17ClN2O4. The third-order valence-corrected chi connectivity index (χ3v) is 3.86. The highest BCUT2D eigenvalue weighted by Crippen LogP contribution is 2.27. The summed E-state index contributed by atoms with van der Waals surface area (Å²) in [4.78, 5) is 24.0. The fourth-order valence-electron chi connectivity index (χ4n) is 2.07. The van der Waals surface area contributed by atoms with Gasteiger partial charge in [0, 0.05) is 10.7 Å². The van der Waals surface area contributed by atoms with Crippen LogP contribution in [0.5, 0.6) is 11.5 Å². The Morgan fingerprint density at radius 2 is 1.96 bits per heavy atom. The number of ether oxygens (including phenoxy) is 1. The maximum absolute atomic E-state index is 12.4. The molecule has 2 amide bonds. The molecule has 0 aliphatic carbocycles. The van der Waals surface area contributed by atoms with Crippen molar-refractivity contribution in [3.63, 3.8) is 0 Å². The SMILES string of the molecule is COc1cc(/C=C(\C(N)=O)C(=O)Nc2ccc(C)c(Cl)c2)ccc1O. The number of nitrogens with two attached hydrogens (primary N) is 1. The molecule has 0 aromatic heterocycles. The number of benzene rings is 2. The van der Waals surface area contributed by atoms with Crippen molar-refractivity contribution in [2.75, 3.05) is 12.4 Å². The van der Waals surface area contributed by atoms with Gasteiger partial charge < -0.3 is 20.9 Å². The van der Waals surface area contributed by atoms with Crippen LogP contribution in [0, 0.1) is 6.92 Å². The lowest BCUT2D eigenvalue weighted by atomic mass is 10.1. The first kappa shape index (κ1) is 18.4. The van der Waals surface area contributed by atoms with E-state index in [1.54, 1.807) is 18.2 Å². The summed E-state index contributed by atoms with van der Waals surface area (Å²) < 4.78 is 5.00. The number of aromatic hydroxyl groups is 1. The van der Waals surface area contributed by atoms with E-state index in [0.29, 0.717) is 16.3 Å². The molecule has 7 heteroatoms. The number of hydrogen-bond acceptors (Lipinski definition) is 4. The van der Waals surface area contributed by atoms with Gasteiger partial charge in [-0.3, -0.25) is 9.59 Å². The van der Waals surface area contributed by atoms with Crippen LogP contribution in [0.25, 0.3) is 6.08 Å². The van der Waals surface area contributed by atoms with Crippen molar-refractivity contribution in [3.05, 3.63) is 58.1 Å². The molecule has 0 saturated carbocycles. The summed E-state index contributed by atoms with van der Waals surface area (Å²) in [6.45, 7) is 1.83. The molecular weight excluding hydrogens is 344 g/mol. The molecule has 0 radical (unpaired) electrons. The topological polar surface area (TPSA) is 102 Å². The van der Waals surface area contributed by atoms with Crippen LogP contribution < -0.4 is 15.8 Å². The van der Waals surface area contributed by atoms with E-state index in [4.69, 9.17) is 22.1 Å². The maximum Gasteiger partial charge on any atom is 0.261 e. The molecule has 0 saturated heterocycles. The molecule has 4 N–H and O–H groups in total. The van der Waals surface area contributed by atoms with E-state index < -0.39 is 11.8 Å². The number of rotatable bonds is 5. The quantitative estimate of drug-likeness (QED) is 0.433. The number of amides is 2. The molecule has 0 atom stereocenters. The smallest absolute Gasteiger partial charge is 0.261 e. The molecule has 0 fully saturated rings. The van der Waals surface area contributed by atoms with E-state index in [1.807, 2.05) is 6.92 Å². The Morgan fingerprint density at radius 3 is 2.56 bits per heavy atom. The van der Waals surface area contributed by atoms with Gasteiger partial charge >= 0.3 is 0 Å². The van der Waals surface area contributed by atoms with Crippen molar-refractivity contribution < 1.29 is 19.4 Å². The van der Waals surface area contributed by atoms with Crippen LogP contribution >= 0.6 is 11.6 Å². The first-order valence-corrected chi connectivity index (χ1v) is 7.65. The fraction of sp³-hybridized carbons (Fsp3) is 0.111. The monoisotopic (exact) mass is 360 g/mol. The predicted molar refractivity (Wildman–Crippen MR) is 96.6 cm³/mol. The van der Waals surface area contributed by atoms with E-state index in [1.165, 1.54) is 31.4 Å². The van der Waals surface area contributed by atoms with Gasteiger partial charge in [-0.05, 0) is 48.4 Å². The lowest BCUT2D eigenvalue weighted by molar-refractivity contribution is -0.119. The zero-order valence-corrected chi connectivity index (χ0v) is 14.4. The average molecular weight is 361 g/mol. The average Bonchev–Trinajstić information content (AvgIpc) is 2.56. The molecule has 0 aliphatic rings. The number of anilines is 1. The second kappa shape index (κ2) is 7.72. The van der Waals surface area contributed by atoms with E-state index in [9.17, 15) is 14.7 Å². The molecule has 130 valence electrons. The van der Waals surface area contributed by atoms with Crippen molar-refractivity contribution in [2.24, 2.45) is 5.73 Å². The molecule has 2 aromatic rings. The summed E-state index contributed by atoms with van der Waals surface area (Å²) in [7, 11) is 1.39. The van der Waals surface area contributed by atoms with Crippen LogP contribution in [0.4, 0.5) is 5.69 Å². The van der Waals surface area contributed by atoms with Gasteiger partial charge in [-0.1, -0.05) is 23.7 Å². The number of halogens is 1. The summed E-state index contributed by atoms with van der Waals surface area (Å²) in [6, 6.07) is 9.39. The second-order valence-corrected chi connectivity index (χ2v) is 5.68. The van der Waals surface area contributed by atoms with E-state index in [0.717, 1.165) is 5.56 Å². The van der Waals surface area contributed by atoms with Crippen molar-refractivity contribution in [3.8, 4) is 11.5 Å². The molecule has 0 aliphatic heterocycles. The maximum atomic E-state index is 12.4. The Bertz CT molecular complexity index is 862. The highest BCUT2D eigenvalue weighted by Gasteiger charge is 2.16. The fourth-order valence-corrected chi connectivity index (χ4v) is 2.25. The molecule has 25 heavy (non-hydrogen) atoms. The van der Waals surface area contributed by atoms with Gasteiger partial charge in [-0.2, -0.15) is 0 Å². The van der Waals surface area contributed by atoms with Gasteiger partial charge in [0.05, 0.1) is 7.11 Å². The summed E-state index contributed by atoms with van der Waals surface area (Å²) >= 11 is 6.02. The van der Waals surface area contributed by atoms with Gasteiger partial charge in [-0.15, -0.1) is 0 Å². The number of primary amides is 1. The molecule has 0 heterocycles. The summed E-state index contributed by atoms with van der Waals surface area (Å²) in [5, 5.41) is 12.7. The lowest BCUT2D eigenvalue weighted by Crippen LogP contribution is -2.25. The van der Waals surface area contributed by atoms with Gasteiger partial charge in [0.15, 0.2) is 11.5 Å².